The average molecular weight is 136 g/mol. The van der Waals surface area contributed by atoms with Gasteiger partial charge in [-0.1, -0.05) is 6.08 Å². The van der Waals surface area contributed by atoms with Crippen molar-refractivity contribution in [1.82, 2.24) is 0 Å². The Kier molecular flexibility index (Phi) is 42.6. The molecule has 0 aromatic rings. The molecule has 0 saturated carbocycles. The van der Waals surface area contributed by atoms with Crippen LogP contribution in [0.3, 0.4) is 0 Å². The van der Waals surface area contributed by atoms with E-state index in [4.69, 9.17) is 5.73 Å². The first kappa shape index (κ1) is 15.7. The SMILES string of the molecule is C=CCN.Cl.[CaH2]. The van der Waals surface area contributed by atoms with Crippen molar-refractivity contribution >= 4 is 50.1 Å². The fraction of sp³-hybridized carbons (Fsp3) is 0.333. The molecule has 0 fully saturated rings. The summed E-state index contributed by atoms with van der Waals surface area (Å²) >= 11 is 0. The Bertz CT molecular complexity index is 24.8. The third-order valence-corrected chi connectivity index (χ3v) is 0.167. The van der Waals surface area contributed by atoms with E-state index in [9.17, 15) is 0 Å². The van der Waals surface area contributed by atoms with Crippen LogP contribution in [0.25, 0.3) is 0 Å². The zero-order chi connectivity index (χ0) is 3.41. The second-order valence-corrected chi connectivity index (χ2v) is 0.524. The second-order valence-electron chi connectivity index (χ2n) is 0.524. The number of rotatable bonds is 1. The molecule has 0 heterocycles. The van der Waals surface area contributed by atoms with E-state index in [1.807, 2.05) is 0 Å². The molecule has 0 amide bonds. The van der Waals surface area contributed by atoms with Gasteiger partial charge in [0.05, 0.1) is 0 Å². The molecule has 0 aromatic carbocycles. The fourth-order valence-corrected chi connectivity index (χ4v) is 0. The summed E-state index contributed by atoms with van der Waals surface area (Å²) in [4.78, 5) is 0. The van der Waals surface area contributed by atoms with E-state index in [0.717, 1.165) is 0 Å². The van der Waals surface area contributed by atoms with Crippen molar-refractivity contribution in [2.24, 2.45) is 5.73 Å². The van der Waals surface area contributed by atoms with Crippen LogP contribution < -0.4 is 5.73 Å². The van der Waals surface area contributed by atoms with Gasteiger partial charge in [-0.2, -0.15) is 0 Å². The molecule has 3 heteroatoms. The Morgan fingerprint density at radius 3 is 1.83 bits per heavy atom. The zero-order valence-electron chi connectivity index (χ0n) is 2.98. The van der Waals surface area contributed by atoms with Gasteiger partial charge in [0.2, 0.25) is 0 Å². The Morgan fingerprint density at radius 1 is 1.67 bits per heavy atom. The van der Waals surface area contributed by atoms with Crippen LogP contribution in [0.4, 0.5) is 0 Å². The molecule has 0 spiro atoms. The van der Waals surface area contributed by atoms with E-state index in [0.29, 0.717) is 6.54 Å². The molecule has 0 bridgehead atoms. The third-order valence-electron chi connectivity index (χ3n) is 0.167. The number of hydrogen-bond acceptors (Lipinski definition) is 1. The molecular formula is C3H10CaClN. The van der Waals surface area contributed by atoms with Crippen LogP contribution in [0.5, 0.6) is 0 Å². The minimum atomic E-state index is 0. The molecule has 0 aliphatic rings. The van der Waals surface area contributed by atoms with Crippen molar-refractivity contribution in [3.05, 3.63) is 12.7 Å². The predicted molar refractivity (Wildman–Crippen MR) is 35.0 cm³/mol. The molecule has 0 atom stereocenters. The van der Waals surface area contributed by atoms with Gasteiger partial charge in [0.1, 0.15) is 0 Å². The van der Waals surface area contributed by atoms with Crippen molar-refractivity contribution in [3.8, 4) is 0 Å². The van der Waals surface area contributed by atoms with E-state index in [1.54, 1.807) is 6.08 Å². The van der Waals surface area contributed by atoms with Crippen molar-refractivity contribution < 1.29 is 0 Å². The molecule has 0 aromatic heterocycles. The van der Waals surface area contributed by atoms with Crippen molar-refractivity contribution in [3.63, 3.8) is 0 Å². The molecule has 1 nitrogen and oxygen atoms in total. The Labute approximate surface area is 74.4 Å². The van der Waals surface area contributed by atoms with Gasteiger partial charge >= 0.3 is 37.7 Å². The summed E-state index contributed by atoms with van der Waals surface area (Å²) in [5.74, 6) is 0. The summed E-state index contributed by atoms with van der Waals surface area (Å²) in [7, 11) is 0. The Hall–Kier alpha value is 1.25. The van der Waals surface area contributed by atoms with Gasteiger partial charge in [0, 0.05) is 6.54 Å². The van der Waals surface area contributed by atoms with E-state index >= 15 is 0 Å². The summed E-state index contributed by atoms with van der Waals surface area (Å²) in [6.45, 7) is 3.94. The Morgan fingerprint density at radius 2 is 1.83 bits per heavy atom. The van der Waals surface area contributed by atoms with Crippen LogP contribution in [-0.4, -0.2) is 44.3 Å². The molecule has 0 radical (unpaired) electrons. The first-order chi connectivity index (χ1) is 1.91. The first-order valence-electron chi connectivity index (χ1n) is 1.22. The van der Waals surface area contributed by atoms with Gasteiger partial charge in [-0.3, -0.25) is 0 Å². The molecule has 0 rings (SSSR count). The Balaban J connectivity index is -0.0000000450. The zero-order valence-corrected chi connectivity index (χ0v) is 3.79. The second kappa shape index (κ2) is 16.3. The van der Waals surface area contributed by atoms with Gasteiger partial charge in [-0.05, 0) is 0 Å². The van der Waals surface area contributed by atoms with Crippen LogP contribution in [0.2, 0.25) is 0 Å². The van der Waals surface area contributed by atoms with E-state index in [-0.39, 0.29) is 50.1 Å². The molecule has 0 saturated heterocycles. The molecule has 0 aliphatic carbocycles. The van der Waals surface area contributed by atoms with Gasteiger partial charge < -0.3 is 5.73 Å². The molecule has 36 valence electrons. The molecular weight excluding hydrogens is 126 g/mol. The number of hydrogen-bond donors (Lipinski definition) is 1. The first-order valence-corrected chi connectivity index (χ1v) is 1.22. The van der Waals surface area contributed by atoms with Gasteiger partial charge in [0.25, 0.3) is 0 Å². The van der Waals surface area contributed by atoms with Crippen molar-refractivity contribution in [1.29, 1.82) is 0 Å². The topological polar surface area (TPSA) is 26.0 Å². The van der Waals surface area contributed by atoms with E-state index in [1.165, 1.54) is 0 Å². The molecule has 6 heavy (non-hydrogen) atoms. The van der Waals surface area contributed by atoms with Gasteiger partial charge in [0.15, 0.2) is 0 Å². The van der Waals surface area contributed by atoms with Crippen molar-refractivity contribution in [2.75, 3.05) is 6.54 Å². The quantitative estimate of drug-likeness (QED) is 0.386. The normalized spacial score (nSPS) is 4.17. The fourth-order valence-electron chi connectivity index (χ4n) is 0. The minimum absolute atomic E-state index is 0. The summed E-state index contributed by atoms with van der Waals surface area (Å²) in [6, 6.07) is 0. The van der Waals surface area contributed by atoms with Crippen LogP contribution in [0, 0.1) is 0 Å². The van der Waals surface area contributed by atoms with Gasteiger partial charge in [-0.15, -0.1) is 19.0 Å². The number of nitrogens with two attached hydrogens (primary N) is 1. The monoisotopic (exact) mass is 135 g/mol. The maximum absolute atomic E-state index is 4.91. The summed E-state index contributed by atoms with van der Waals surface area (Å²) in [5.41, 5.74) is 4.91. The van der Waals surface area contributed by atoms with Gasteiger partial charge in [-0.25, -0.2) is 0 Å². The summed E-state index contributed by atoms with van der Waals surface area (Å²) in [6.07, 6.45) is 1.65. The molecule has 0 unspecified atom stereocenters. The average Bonchev–Trinajstić information content (AvgIpc) is 1.37. The maximum atomic E-state index is 4.91. The summed E-state index contributed by atoms with van der Waals surface area (Å²) < 4.78 is 0. The van der Waals surface area contributed by atoms with Crippen LogP contribution in [0.15, 0.2) is 12.7 Å². The third kappa shape index (κ3) is 18.7. The van der Waals surface area contributed by atoms with Crippen LogP contribution in [0.1, 0.15) is 0 Å². The van der Waals surface area contributed by atoms with Crippen molar-refractivity contribution in [2.45, 2.75) is 0 Å². The van der Waals surface area contributed by atoms with Crippen LogP contribution >= 0.6 is 12.4 Å². The summed E-state index contributed by atoms with van der Waals surface area (Å²) in [5, 5.41) is 0. The van der Waals surface area contributed by atoms with E-state index < -0.39 is 0 Å². The predicted octanol–water partition coefficient (Wildman–Crippen LogP) is -0.363. The molecule has 2 N–H and O–H groups in total. The van der Waals surface area contributed by atoms with Crippen LogP contribution in [-0.2, 0) is 0 Å². The standard InChI is InChI=1S/C3H7N.Ca.ClH.2H/c1-2-3-4;;;;/h2H,1,3-4H2;;1H;;. The number of halogens is 1. The molecule has 0 aliphatic heterocycles. The van der Waals surface area contributed by atoms with E-state index in [2.05, 4.69) is 6.58 Å².